The van der Waals surface area contributed by atoms with Crippen molar-refractivity contribution in [1.29, 1.82) is 0 Å². The predicted octanol–water partition coefficient (Wildman–Crippen LogP) is 4.28. The molecule has 1 unspecified atom stereocenters. The molecule has 9 heteroatoms. The van der Waals surface area contributed by atoms with Crippen LogP contribution in [0.4, 0.5) is 10.5 Å². The Bertz CT molecular complexity index is 1210. The largest absolute Gasteiger partial charge is 0.491 e. The summed E-state index contributed by atoms with van der Waals surface area (Å²) >= 11 is 0. The van der Waals surface area contributed by atoms with E-state index in [1.165, 1.54) is 12.1 Å². The number of rotatable bonds is 8. The highest BCUT2D eigenvalue weighted by atomic mass is 16.5. The third-order valence-corrected chi connectivity index (χ3v) is 5.26. The molecule has 34 heavy (non-hydrogen) atoms. The molecule has 3 aromatic rings. The van der Waals surface area contributed by atoms with Gasteiger partial charge in [-0.3, -0.25) is 5.32 Å². The number of esters is 1. The van der Waals surface area contributed by atoms with Gasteiger partial charge >= 0.3 is 17.7 Å². The van der Waals surface area contributed by atoms with Gasteiger partial charge < -0.3 is 23.4 Å². The lowest BCUT2D eigenvalue weighted by molar-refractivity contribution is 0.0473. The Morgan fingerprint density at radius 1 is 1.09 bits per heavy atom. The maximum atomic E-state index is 12.5. The standard InChI is InChI=1S/C25H25NO8/c1-2-30-25(29)26-18-7-10-21-17(12-23(27)34-22(21)13-18)14-33-24(28)16-5-8-19(9-6-16)32-15-20-4-3-11-31-20/h5-10,12-13,20H,2-4,11,14-15H2,1H3,(H,26,29). The molecule has 2 heterocycles. The Labute approximate surface area is 195 Å². The van der Waals surface area contributed by atoms with Gasteiger partial charge in [0.25, 0.3) is 0 Å². The smallest absolute Gasteiger partial charge is 0.411 e. The van der Waals surface area contributed by atoms with E-state index >= 15 is 0 Å². The lowest BCUT2D eigenvalue weighted by Crippen LogP contribution is -2.16. The summed E-state index contributed by atoms with van der Waals surface area (Å²) in [4.78, 5) is 36.1. The van der Waals surface area contributed by atoms with E-state index in [0.29, 0.717) is 34.6 Å². The molecule has 0 bridgehead atoms. The second-order valence-corrected chi connectivity index (χ2v) is 7.69. The average molecular weight is 467 g/mol. The predicted molar refractivity (Wildman–Crippen MR) is 123 cm³/mol. The van der Waals surface area contributed by atoms with Gasteiger partial charge in [0.05, 0.1) is 18.3 Å². The van der Waals surface area contributed by atoms with Gasteiger partial charge in [0.2, 0.25) is 0 Å². The summed E-state index contributed by atoms with van der Waals surface area (Å²) < 4.78 is 26.7. The lowest BCUT2D eigenvalue weighted by Gasteiger charge is -2.12. The third-order valence-electron chi connectivity index (χ3n) is 5.26. The van der Waals surface area contributed by atoms with Gasteiger partial charge in [0, 0.05) is 35.4 Å². The number of ether oxygens (including phenoxy) is 4. The normalized spacial score (nSPS) is 15.1. The number of hydrogen-bond acceptors (Lipinski definition) is 8. The first kappa shape index (κ1) is 23.3. The van der Waals surface area contributed by atoms with E-state index in [1.54, 1.807) is 43.3 Å². The minimum Gasteiger partial charge on any atom is -0.491 e. The van der Waals surface area contributed by atoms with Gasteiger partial charge in [-0.15, -0.1) is 0 Å². The molecule has 1 aliphatic heterocycles. The molecule has 0 radical (unpaired) electrons. The van der Waals surface area contributed by atoms with Crippen LogP contribution in [0, 0.1) is 0 Å². The Balaban J connectivity index is 1.39. The maximum Gasteiger partial charge on any atom is 0.411 e. The molecule has 0 saturated carbocycles. The van der Waals surface area contributed by atoms with Crippen LogP contribution in [0.1, 0.15) is 35.7 Å². The molecule has 178 valence electrons. The summed E-state index contributed by atoms with van der Waals surface area (Å²) in [6, 6.07) is 12.7. The van der Waals surface area contributed by atoms with Gasteiger partial charge in [-0.1, -0.05) is 0 Å². The zero-order valence-electron chi connectivity index (χ0n) is 18.7. The summed E-state index contributed by atoms with van der Waals surface area (Å²) in [7, 11) is 0. The van der Waals surface area contributed by atoms with Crippen molar-refractivity contribution in [2.45, 2.75) is 32.5 Å². The van der Waals surface area contributed by atoms with E-state index in [0.717, 1.165) is 19.4 Å². The molecule has 1 aliphatic rings. The number of carbonyl (C=O) groups is 2. The number of amides is 1. The first-order valence-electron chi connectivity index (χ1n) is 11.0. The van der Waals surface area contributed by atoms with E-state index in [2.05, 4.69) is 5.32 Å². The molecule has 1 fully saturated rings. The molecule has 1 atom stereocenters. The number of nitrogens with one attached hydrogen (secondary N) is 1. The number of hydrogen-bond donors (Lipinski definition) is 1. The fourth-order valence-corrected chi connectivity index (χ4v) is 3.59. The number of anilines is 1. The molecule has 0 aliphatic carbocycles. The van der Waals surface area contributed by atoms with Gasteiger partial charge in [-0.25, -0.2) is 14.4 Å². The Morgan fingerprint density at radius 2 is 1.91 bits per heavy atom. The highest BCUT2D eigenvalue weighted by Crippen LogP contribution is 2.23. The van der Waals surface area contributed by atoms with Crippen LogP contribution in [-0.2, 0) is 20.8 Å². The van der Waals surface area contributed by atoms with Gasteiger partial charge in [-0.2, -0.15) is 0 Å². The Hall–Kier alpha value is -3.85. The second kappa shape index (κ2) is 10.8. The monoisotopic (exact) mass is 467 g/mol. The topological polar surface area (TPSA) is 113 Å². The molecule has 9 nitrogen and oxygen atoms in total. The van der Waals surface area contributed by atoms with Crippen LogP contribution in [-0.4, -0.2) is 38.0 Å². The summed E-state index contributed by atoms with van der Waals surface area (Å²) in [5.41, 5.74) is 0.904. The maximum absolute atomic E-state index is 12.5. The number of benzene rings is 2. The Kier molecular flexibility index (Phi) is 7.44. The molecule has 1 amide bonds. The van der Waals surface area contributed by atoms with E-state index in [4.69, 9.17) is 23.4 Å². The van der Waals surface area contributed by atoms with E-state index in [9.17, 15) is 14.4 Å². The summed E-state index contributed by atoms with van der Waals surface area (Å²) in [6.07, 6.45) is 1.53. The molecular formula is C25H25NO8. The molecule has 2 aromatic carbocycles. The molecular weight excluding hydrogens is 442 g/mol. The quantitative estimate of drug-likeness (QED) is 0.386. The highest BCUT2D eigenvalue weighted by molar-refractivity contribution is 5.91. The zero-order valence-corrected chi connectivity index (χ0v) is 18.7. The highest BCUT2D eigenvalue weighted by Gasteiger charge is 2.16. The van der Waals surface area contributed by atoms with E-state index < -0.39 is 17.7 Å². The van der Waals surface area contributed by atoms with Crippen LogP contribution in [0.2, 0.25) is 0 Å². The third kappa shape index (κ3) is 5.93. The van der Waals surface area contributed by atoms with Crippen LogP contribution >= 0.6 is 0 Å². The van der Waals surface area contributed by atoms with E-state index in [1.807, 2.05) is 0 Å². The minimum absolute atomic E-state index is 0.111. The first-order valence-corrected chi connectivity index (χ1v) is 11.0. The van der Waals surface area contributed by atoms with Gasteiger partial charge in [0.15, 0.2) is 0 Å². The lowest BCUT2D eigenvalue weighted by atomic mass is 10.1. The SMILES string of the molecule is CCOC(=O)Nc1ccc2c(COC(=O)c3ccc(OCC4CCCO4)cc3)cc(=O)oc2c1. The minimum atomic E-state index is -0.613. The van der Waals surface area contributed by atoms with Crippen LogP contribution in [0.25, 0.3) is 11.0 Å². The van der Waals surface area contributed by atoms with Crippen molar-refractivity contribution in [2.24, 2.45) is 0 Å². The fraction of sp³-hybridized carbons (Fsp3) is 0.320. The van der Waals surface area contributed by atoms with Crippen LogP contribution in [0.5, 0.6) is 5.75 Å². The van der Waals surface area contributed by atoms with Crippen molar-refractivity contribution < 1.29 is 33.0 Å². The number of carbonyl (C=O) groups excluding carboxylic acids is 2. The van der Waals surface area contributed by atoms with Crippen molar-refractivity contribution in [2.75, 3.05) is 25.1 Å². The molecule has 1 N–H and O–H groups in total. The summed E-state index contributed by atoms with van der Waals surface area (Å²) in [6.45, 7) is 3.05. The number of fused-ring (bicyclic) bond motifs is 1. The van der Waals surface area contributed by atoms with Crippen molar-refractivity contribution in [3.8, 4) is 5.75 Å². The first-order chi connectivity index (χ1) is 16.5. The second-order valence-electron chi connectivity index (χ2n) is 7.69. The van der Waals surface area contributed by atoms with Crippen molar-refractivity contribution >= 4 is 28.7 Å². The van der Waals surface area contributed by atoms with Crippen LogP contribution in [0.15, 0.2) is 57.7 Å². The van der Waals surface area contributed by atoms with Crippen molar-refractivity contribution in [3.05, 3.63) is 70.1 Å². The van der Waals surface area contributed by atoms with Gasteiger partial charge in [-0.05, 0) is 56.2 Å². The molecule has 1 saturated heterocycles. The van der Waals surface area contributed by atoms with Crippen LogP contribution in [0.3, 0.4) is 0 Å². The molecule has 0 spiro atoms. The van der Waals surface area contributed by atoms with E-state index in [-0.39, 0.29) is 24.9 Å². The van der Waals surface area contributed by atoms with Gasteiger partial charge in [0.1, 0.15) is 24.5 Å². The molecule has 1 aromatic heterocycles. The van der Waals surface area contributed by atoms with Crippen molar-refractivity contribution in [3.63, 3.8) is 0 Å². The molecule has 4 rings (SSSR count). The average Bonchev–Trinajstić information content (AvgIpc) is 3.35. The van der Waals surface area contributed by atoms with Crippen LogP contribution < -0.4 is 15.7 Å². The Morgan fingerprint density at radius 3 is 2.65 bits per heavy atom. The summed E-state index contributed by atoms with van der Waals surface area (Å²) in [5, 5.41) is 3.13. The fourth-order valence-electron chi connectivity index (χ4n) is 3.59. The summed E-state index contributed by atoms with van der Waals surface area (Å²) in [5.74, 6) is 0.110. The van der Waals surface area contributed by atoms with Crippen molar-refractivity contribution in [1.82, 2.24) is 0 Å². The zero-order chi connectivity index (χ0) is 23.9.